The van der Waals surface area contributed by atoms with Crippen LogP contribution in [0.25, 0.3) is 0 Å². The zero-order valence-electron chi connectivity index (χ0n) is 15.7. The summed E-state index contributed by atoms with van der Waals surface area (Å²) in [6, 6.07) is 22.6. The standard InChI is InChI=1S/C23H24BrNO2/c1-3-26-22-14-19(15-25-20-10-5-4-6-11-20)13-21(24)23(22)27-16-18-9-7-8-17(2)12-18/h4-14,25H,3,15-16H2,1-2H3. The number of ether oxygens (including phenoxy) is 2. The Balaban J connectivity index is 1.75. The molecule has 0 atom stereocenters. The number of hydrogen-bond acceptors (Lipinski definition) is 3. The van der Waals surface area contributed by atoms with Gasteiger partial charge in [0.2, 0.25) is 0 Å². The molecule has 0 spiro atoms. The predicted octanol–water partition coefficient (Wildman–Crippen LogP) is 6.35. The lowest BCUT2D eigenvalue weighted by Crippen LogP contribution is -2.04. The molecule has 3 nitrogen and oxygen atoms in total. The maximum Gasteiger partial charge on any atom is 0.175 e. The van der Waals surface area contributed by atoms with Crippen LogP contribution in [0.3, 0.4) is 0 Å². The molecule has 1 N–H and O–H groups in total. The maximum atomic E-state index is 6.09. The number of anilines is 1. The van der Waals surface area contributed by atoms with Gasteiger partial charge in [0, 0.05) is 12.2 Å². The highest BCUT2D eigenvalue weighted by Crippen LogP contribution is 2.37. The molecule has 0 heterocycles. The minimum Gasteiger partial charge on any atom is -0.490 e. The first kappa shape index (κ1) is 19.3. The minimum atomic E-state index is 0.502. The summed E-state index contributed by atoms with van der Waals surface area (Å²) >= 11 is 3.65. The molecule has 0 fully saturated rings. The van der Waals surface area contributed by atoms with Crippen LogP contribution in [-0.2, 0) is 13.2 Å². The van der Waals surface area contributed by atoms with Crippen molar-refractivity contribution in [3.05, 3.63) is 87.9 Å². The molecule has 0 aromatic heterocycles. The van der Waals surface area contributed by atoms with Crippen LogP contribution in [0.4, 0.5) is 5.69 Å². The normalized spacial score (nSPS) is 10.5. The summed E-state index contributed by atoms with van der Waals surface area (Å²) in [5.74, 6) is 1.49. The topological polar surface area (TPSA) is 30.5 Å². The zero-order chi connectivity index (χ0) is 19.1. The second kappa shape index (κ2) is 9.47. The average molecular weight is 426 g/mol. The Morgan fingerprint density at radius 1 is 0.889 bits per heavy atom. The highest BCUT2D eigenvalue weighted by molar-refractivity contribution is 9.10. The quantitative estimate of drug-likeness (QED) is 0.456. The zero-order valence-corrected chi connectivity index (χ0v) is 17.3. The summed E-state index contributed by atoms with van der Waals surface area (Å²) in [6.45, 7) is 5.86. The Morgan fingerprint density at radius 2 is 1.70 bits per heavy atom. The molecule has 140 valence electrons. The molecule has 0 saturated heterocycles. The van der Waals surface area contributed by atoms with E-state index in [1.807, 2.05) is 37.3 Å². The molecule has 3 aromatic rings. The number of para-hydroxylation sites is 1. The lowest BCUT2D eigenvalue weighted by Gasteiger charge is -2.16. The Bertz CT molecular complexity index is 881. The van der Waals surface area contributed by atoms with Crippen LogP contribution in [-0.4, -0.2) is 6.61 Å². The summed E-state index contributed by atoms with van der Waals surface area (Å²) in [5.41, 5.74) is 4.57. The van der Waals surface area contributed by atoms with Crippen LogP contribution >= 0.6 is 15.9 Å². The van der Waals surface area contributed by atoms with Crippen molar-refractivity contribution in [2.75, 3.05) is 11.9 Å². The highest BCUT2D eigenvalue weighted by atomic mass is 79.9. The van der Waals surface area contributed by atoms with Gasteiger partial charge in [0.25, 0.3) is 0 Å². The van der Waals surface area contributed by atoms with Gasteiger partial charge in [-0.2, -0.15) is 0 Å². The summed E-state index contributed by atoms with van der Waals surface area (Å²) in [7, 11) is 0. The Kier molecular flexibility index (Phi) is 6.77. The van der Waals surface area contributed by atoms with Crippen molar-refractivity contribution < 1.29 is 9.47 Å². The van der Waals surface area contributed by atoms with Gasteiger partial charge in [-0.15, -0.1) is 0 Å². The van der Waals surface area contributed by atoms with Gasteiger partial charge in [-0.25, -0.2) is 0 Å². The fourth-order valence-corrected chi connectivity index (χ4v) is 3.45. The number of halogens is 1. The number of aryl methyl sites for hydroxylation is 1. The monoisotopic (exact) mass is 425 g/mol. The number of rotatable bonds is 8. The van der Waals surface area contributed by atoms with Crippen LogP contribution in [0.15, 0.2) is 71.2 Å². The predicted molar refractivity (Wildman–Crippen MR) is 115 cm³/mol. The molecule has 0 aliphatic rings. The Labute approximate surface area is 169 Å². The van der Waals surface area contributed by atoms with E-state index in [0.717, 1.165) is 32.8 Å². The van der Waals surface area contributed by atoms with Gasteiger partial charge in [0.05, 0.1) is 11.1 Å². The first-order valence-corrected chi connectivity index (χ1v) is 9.87. The SMILES string of the molecule is CCOc1cc(CNc2ccccc2)cc(Br)c1OCc1cccc(C)c1. The van der Waals surface area contributed by atoms with E-state index in [-0.39, 0.29) is 0 Å². The second-order valence-corrected chi connectivity index (χ2v) is 7.19. The summed E-state index contributed by atoms with van der Waals surface area (Å²) in [4.78, 5) is 0. The van der Waals surface area contributed by atoms with E-state index in [9.17, 15) is 0 Å². The van der Waals surface area contributed by atoms with Crippen LogP contribution in [0.2, 0.25) is 0 Å². The van der Waals surface area contributed by atoms with E-state index in [4.69, 9.17) is 9.47 Å². The lowest BCUT2D eigenvalue weighted by molar-refractivity contribution is 0.267. The van der Waals surface area contributed by atoms with E-state index in [1.165, 1.54) is 5.56 Å². The third-order valence-corrected chi connectivity index (χ3v) is 4.69. The molecule has 3 aromatic carbocycles. The number of nitrogens with one attached hydrogen (secondary N) is 1. The fraction of sp³-hybridized carbons (Fsp3) is 0.217. The molecular weight excluding hydrogens is 402 g/mol. The number of benzene rings is 3. The lowest BCUT2D eigenvalue weighted by atomic mass is 10.1. The largest absolute Gasteiger partial charge is 0.490 e. The summed E-state index contributed by atoms with van der Waals surface area (Å²) < 4.78 is 12.8. The molecule has 0 unspecified atom stereocenters. The molecule has 0 aliphatic heterocycles. The maximum absolute atomic E-state index is 6.09. The van der Waals surface area contributed by atoms with Gasteiger partial charge < -0.3 is 14.8 Å². The van der Waals surface area contributed by atoms with E-state index < -0.39 is 0 Å². The van der Waals surface area contributed by atoms with Gasteiger partial charge in [-0.3, -0.25) is 0 Å². The molecule has 3 rings (SSSR count). The van der Waals surface area contributed by atoms with E-state index in [0.29, 0.717) is 19.8 Å². The van der Waals surface area contributed by atoms with Crippen LogP contribution in [0.1, 0.15) is 23.6 Å². The van der Waals surface area contributed by atoms with Crippen LogP contribution < -0.4 is 14.8 Å². The van der Waals surface area contributed by atoms with Gasteiger partial charge in [0.1, 0.15) is 6.61 Å². The van der Waals surface area contributed by atoms with Gasteiger partial charge in [-0.05, 0) is 65.2 Å². The molecule has 0 saturated carbocycles. The van der Waals surface area contributed by atoms with Crippen molar-refractivity contribution in [1.29, 1.82) is 0 Å². The summed E-state index contributed by atoms with van der Waals surface area (Å²) in [6.07, 6.45) is 0. The fourth-order valence-electron chi connectivity index (χ4n) is 2.84. The molecule has 0 bridgehead atoms. The third kappa shape index (κ3) is 5.51. The first-order chi connectivity index (χ1) is 13.2. The molecule has 4 heteroatoms. The summed E-state index contributed by atoms with van der Waals surface area (Å²) in [5, 5.41) is 3.42. The van der Waals surface area contributed by atoms with Gasteiger partial charge >= 0.3 is 0 Å². The van der Waals surface area contributed by atoms with Gasteiger partial charge in [0.15, 0.2) is 11.5 Å². The minimum absolute atomic E-state index is 0.502. The molecule has 0 aliphatic carbocycles. The van der Waals surface area contributed by atoms with Crippen LogP contribution in [0.5, 0.6) is 11.5 Å². The first-order valence-electron chi connectivity index (χ1n) is 9.08. The Morgan fingerprint density at radius 3 is 2.44 bits per heavy atom. The van der Waals surface area contributed by atoms with Crippen molar-refractivity contribution >= 4 is 21.6 Å². The van der Waals surface area contributed by atoms with Crippen molar-refractivity contribution in [3.63, 3.8) is 0 Å². The van der Waals surface area contributed by atoms with Crippen LogP contribution in [0, 0.1) is 6.92 Å². The van der Waals surface area contributed by atoms with Gasteiger partial charge in [-0.1, -0.05) is 48.0 Å². The second-order valence-electron chi connectivity index (χ2n) is 6.34. The smallest absolute Gasteiger partial charge is 0.175 e. The van der Waals surface area contributed by atoms with E-state index in [2.05, 4.69) is 64.6 Å². The average Bonchev–Trinajstić information content (AvgIpc) is 2.67. The Hall–Kier alpha value is -2.46. The molecule has 0 radical (unpaired) electrons. The van der Waals surface area contributed by atoms with Crippen molar-refractivity contribution in [3.8, 4) is 11.5 Å². The number of hydrogen-bond donors (Lipinski definition) is 1. The molecule has 27 heavy (non-hydrogen) atoms. The van der Waals surface area contributed by atoms with Crippen molar-refractivity contribution in [2.45, 2.75) is 27.0 Å². The molecule has 0 amide bonds. The van der Waals surface area contributed by atoms with E-state index in [1.54, 1.807) is 0 Å². The highest BCUT2D eigenvalue weighted by Gasteiger charge is 2.13. The van der Waals surface area contributed by atoms with E-state index >= 15 is 0 Å². The molecular formula is C23H24BrNO2. The van der Waals surface area contributed by atoms with Crippen molar-refractivity contribution in [2.24, 2.45) is 0 Å². The van der Waals surface area contributed by atoms with Crippen molar-refractivity contribution in [1.82, 2.24) is 0 Å². The third-order valence-electron chi connectivity index (χ3n) is 4.11.